The topological polar surface area (TPSA) is 26.3 Å². The number of halogens is 1. The highest BCUT2D eigenvalue weighted by Crippen LogP contribution is 2.39. The molecular formula is C7H9BrO2. The Morgan fingerprint density at radius 1 is 1.50 bits per heavy atom. The smallest absolute Gasteiger partial charge is 0.306 e. The second kappa shape index (κ2) is 2.22. The van der Waals surface area contributed by atoms with Crippen LogP contribution in [-0.4, -0.2) is 16.9 Å². The van der Waals surface area contributed by atoms with Crippen molar-refractivity contribution in [2.45, 2.75) is 30.2 Å². The van der Waals surface area contributed by atoms with E-state index in [-0.39, 0.29) is 12.1 Å². The molecule has 3 heteroatoms. The molecule has 2 fully saturated rings. The van der Waals surface area contributed by atoms with E-state index in [0.29, 0.717) is 17.2 Å². The van der Waals surface area contributed by atoms with Gasteiger partial charge in [-0.25, -0.2) is 0 Å². The van der Waals surface area contributed by atoms with Gasteiger partial charge in [0.25, 0.3) is 0 Å². The van der Waals surface area contributed by atoms with Crippen LogP contribution >= 0.6 is 15.9 Å². The van der Waals surface area contributed by atoms with Crippen molar-refractivity contribution in [2.24, 2.45) is 5.92 Å². The lowest BCUT2D eigenvalue weighted by Crippen LogP contribution is -2.18. The van der Waals surface area contributed by atoms with Gasteiger partial charge in [-0.1, -0.05) is 15.9 Å². The lowest BCUT2D eigenvalue weighted by atomic mass is 10.1. The molecule has 0 aromatic carbocycles. The molecule has 1 aliphatic carbocycles. The number of hydrogen-bond acceptors (Lipinski definition) is 2. The van der Waals surface area contributed by atoms with Gasteiger partial charge in [-0.3, -0.25) is 4.79 Å². The fourth-order valence-electron chi connectivity index (χ4n) is 1.80. The van der Waals surface area contributed by atoms with Crippen LogP contribution < -0.4 is 0 Å². The van der Waals surface area contributed by atoms with E-state index in [4.69, 9.17) is 4.74 Å². The quantitative estimate of drug-likeness (QED) is 0.442. The summed E-state index contributed by atoms with van der Waals surface area (Å²) in [6.07, 6.45) is 3.13. The first-order valence-electron chi connectivity index (χ1n) is 3.61. The molecule has 1 saturated carbocycles. The number of carbonyl (C=O) groups is 1. The fourth-order valence-corrected chi connectivity index (χ4v) is 2.60. The first-order valence-corrected chi connectivity index (χ1v) is 4.52. The molecule has 0 aromatic heterocycles. The molecule has 1 saturated heterocycles. The monoisotopic (exact) mass is 204 g/mol. The van der Waals surface area contributed by atoms with E-state index in [0.717, 1.165) is 12.8 Å². The maximum absolute atomic E-state index is 10.8. The van der Waals surface area contributed by atoms with Crippen molar-refractivity contribution in [3.63, 3.8) is 0 Å². The van der Waals surface area contributed by atoms with Crippen molar-refractivity contribution in [3.8, 4) is 0 Å². The standard InChI is InChI=1S/C7H9BrO2/c8-5-2-1-4-3-6(9)10-7(4)5/h4-5,7H,1-3H2. The van der Waals surface area contributed by atoms with E-state index >= 15 is 0 Å². The van der Waals surface area contributed by atoms with E-state index in [1.807, 2.05) is 0 Å². The van der Waals surface area contributed by atoms with Crippen LogP contribution in [0.1, 0.15) is 19.3 Å². The predicted molar refractivity (Wildman–Crippen MR) is 39.9 cm³/mol. The molecule has 3 atom stereocenters. The summed E-state index contributed by atoms with van der Waals surface area (Å²) in [5.41, 5.74) is 0. The Bertz CT molecular complexity index is 169. The molecule has 3 unspecified atom stereocenters. The number of ether oxygens (including phenoxy) is 1. The molecule has 2 nitrogen and oxygen atoms in total. The Balaban J connectivity index is 2.12. The summed E-state index contributed by atoms with van der Waals surface area (Å²) in [7, 11) is 0. The van der Waals surface area contributed by atoms with Gasteiger partial charge in [0.05, 0.1) is 11.2 Å². The second-order valence-corrected chi connectivity index (χ2v) is 4.19. The zero-order valence-corrected chi connectivity index (χ0v) is 7.13. The lowest BCUT2D eigenvalue weighted by molar-refractivity contribution is -0.141. The molecule has 2 aliphatic rings. The molecule has 0 N–H and O–H groups in total. The van der Waals surface area contributed by atoms with Gasteiger partial charge in [-0.05, 0) is 12.8 Å². The van der Waals surface area contributed by atoms with Gasteiger partial charge in [0.2, 0.25) is 0 Å². The molecule has 1 aliphatic heterocycles. The van der Waals surface area contributed by atoms with Gasteiger partial charge in [0, 0.05) is 5.92 Å². The number of esters is 1. The predicted octanol–water partition coefficient (Wildman–Crippen LogP) is 1.48. The number of hydrogen-bond donors (Lipinski definition) is 0. The van der Waals surface area contributed by atoms with Crippen molar-refractivity contribution in [1.82, 2.24) is 0 Å². The van der Waals surface area contributed by atoms with Gasteiger partial charge in [0.15, 0.2) is 0 Å². The van der Waals surface area contributed by atoms with Crippen LogP contribution in [0, 0.1) is 5.92 Å². The van der Waals surface area contributed by atoms with Gasteiger partial charge < -0.3 is 4.74 Å². The minimum Gasteiger partial charge on any atom is -0.461 e. The summed E-state index contributed by atoms with van der Waals surface area (Å²) in [5, 5.41) is 0. The Labute approximate surface area is 68.1 Å². The Hall–Kier alpha value is -0.0500. The van der Waals surface area contributed by atoms with E-state index in [2.05, 4.69) is 15.9 Å². The van der Waals surface area contributed by atoms with E-state index < -0.39 is 0 Å². The summed E-state index contributed by atoms with van der Waals surface area (Å²) < 4.78 is 5.11. The van der Waals surface area contributed by atoms with Crippen LogP contribution in [0.2, 0.25) is 0 Å². The van der Waals surface area contributed by atoms with Crippen LogP contribution in [-0.2, 0) is 9.53 Å². The lowest BCUT2D eigenvalue weighted by Gasteiger charge is -2.09. The maximum Gasteiger partial charge on any atom is 0.306 e. The molecule has 0 aromatic rings. The molecule has 56 valence electrons. The number of rotatable bonds is 0. The first-order chi connectivity index (χ1) is 4.77. The first kappa shape index (κ1) is 6.65. The van der Waals surface area contributed by atoms with Crippen LogP contribution in [0.15, 0.2) is 0 Å². The second-order valence-electron chi connectivity index (χ2n) is 3.01. The van der Waals surface area contributed by atoms with Crippen LogP contribution in [0.5, 0.6) is 0 Å². The van der Waals surface area contributed by atoms with Crippen LogP contribution in [0.4, 0.5) is 0 Å². The summed E-state index contributed by atoms with van der Waals surface area (Å²) in [6.45, 7) is 0. The molecule has 2 rings (SSSR count). The summed E-state index contributed by atoms with van der Waals surface area (Å²) in [4.78, 5) is 11.2. The van der Waals surface area contributed by atoms with Gasteiger partial charge >= 0.3 is 5.97 Å². The minimum absolute atomic E-state index is 0.0147. The minimum atomic E-state index is -0.0147. The molecule has 0 radical (unpaired) electrons. The van der Waals surface area contributed by atoms with Crippen molar-refractivity contribution in [3.05, 3.63) is 0 Å². The Morgan fingerprint density at radius 3 is 3.00 bits per heavy atom. The van der Waals surface area contributed by atoms with E-state index in [1.165, 1.54) is 0 Å². The highest BCUT2D eigenvalue weighted by Gasteiger charge is 2.43. The van der Waals surface area contributed by atoms with E-state index in [9.17, 15) is 4.79 Å². The largest absolute Gasteiger partial charge is 0.461 e. The van der Waals surface area contributed by atoms with Gasteiger partial charge in [0.1, 0.15) is 6.10 Å². The number of fused-ring (bicyclic) bond motifs is 1. The third-order valence-corrected chi connectivity index (χ3v) is 3.31. The summed E-state index contributed by atoms with van der Waals surface area (Å²) in [6, 6.07) is 0. The SMILES string of the molecule is O=C1CC2CCC(Br)C2O1. The number of carbonyl (C=O) groups excluding carboxylic acids is 1. The maximum atomic E-state index is 10.8. The zero-order valence-electron chi connectivity index (χ0n) is 5.55. The zero-order chi connectivity index (χ0) is 7.14. The summed E-state index contributed by atoms with van der Waals surface area (Å²) in [5.74, 6) is 0.496. The van der Waals surface area contributed by atoms with Crippen LogP contribution in [0.25, 0.3) is 0 Å². The molecule has 0 spiro atoms. The van der Waals surface area contributed by atoms with Crippen molar-refractivity contribution in [1.29, 1.82) is 0 Å². The average Bonchev–Trinajstić information content (AvgIpc) is 2.35. The Morgan fingerprint density at radius 2 is 2.30 bits per heavy atom. The molecule has 10 heavy (non-hydrogen) atoms. The van der Waals surface area contributed by atoms with E-state index in [1.54, 1.807) is 0 Å². The third-order valence-electron chi connectivity index (χ3n) is 2.33. The Kier molecular flexibility index (Phi) is 1.48. The average molecular weight is 205 g/mol. The van der Waals surface area contributed by atoms with Gasteiger partial charge in [-0.2, -0.15) is 0 Å². The molecule has 1 heterocycles. The fraction of sp³-hybridized carbons (Fsp3) is 0.857. The van der Waals surface area contributed by atoms with Crippen LogP contribution in [0.3, 0.4) is 0 Å². The molecule has 0 bridgehead atoms. The highest BCUT2D eigenvalue weighted by atomic mass is 79.9. The molecule has 0 amide bonds. The third kappa shape index (κ3) is 0.875. The van der Waals surface area contributed by atoms with Crippen molar-refractivity contribution >= 4 is 21.9 Å². The number of alkyl halides is 1. The van der Waals surface area contributed by atoms with Crippen molar-refractivity contribution in [2.75, 3.05) is 0 Å². The van der Waals surface area contributed by atoms with Gasteiger partial charge in [-0.15, -0.1) is 0 Å². The highest BCUT2D eigenvalue weighted by molar-refractivity contribution is 9.09. The summed E-state index contributed by atoms with van der Waals surface area (Å²) >= 11 is 3.50. The normalized spacial score (nSPS) is 45.3. The van der Waals surface area contributed by atoms with Crippen molar-refractivity contribution < 1.29 is 9.53 Å². The molecular weight excluding hydrogens is 196 g/mol.